The maximum absolute atomic E-state index is 6.40. The van der Waals surface area contributed by atoms with Crippen LogP contribution in [0.4, 0.5) is 0 Å². The highest BCUT2D eigenvalue weighted by Gasteiger charge is 2.32. The minimum Gasteiger partial charge on any atom is -0.464 e. The number of hydrogen-bond acceptors (Lipinski definition) is 3. The Morgan fingerprint density at radius 3 is 3.00 bits per heavy atom. The van der Waals surface area contributed by atoms with Crippen molar-refractivity contribution >= 4 is 22.6 Å². The summed E-state index contributed by atoms with van der Waals surface area (Å²) in [4.78, 5) is 2.34. The van der Waals surface area contributed by atoms with E-state index in [4.69, 9.17) is 21.8 Å². The van der Waals surface area contributed by atoms with Crippen LogP contribution in [0.2, 0.25) is 5.02 Å². The predicted molar refractivity (Wildman–Crippen MR) is 73.8 cm³/mol. The van der Waals surface area contributed by atoms with Gasteiger partial charge < -0.3 is 10.2 Å². The number of benzene rings is 1. The number of nitrogens with two attached hydrogens (primary N) is 1. The van der Waals surface area contributed by atoms with E-state index in [0.29, 0.717) is 12.0 Å². The molecule has 1 aliphatic heterocycles. The second-order valence-corrected chi connectivity index (χ2v) is 5.49. The maximum Gasteiger partial charge on any atom is 0.134 e. The van der Waals surface area contributed by atoms with E-state index in [9.17, 15) is 0 Å². The van der Waals surface area contributed by atoms with Gasteiger partial charge in [-0.25, -0.2) is 0 Å². The van der Waals surface area contributed by atoms with Gasteiger partial charge in [-0.15, -0.1) is 0 Å². The molecule has 1 aromatic carbocycles. The maximum atomic E-state index is 6.40. The molecule has 1 saturated heterocycles. The minimum atomic E-state index is 0.340. The topological polar surface area (TPSA) is 42.4 Å². The molecular weight excluding hydrogens is 248 g/mol. The monoisotopic (exact) mass is 264 g/mol. The Bertz CT molecular complexity index is 566. The molecule has 2 unspecified atom stereocenters. The molecule has 0 saturated carbocycles. The van der Waals surface area contributed by atoms with Crippen LogP contribution in [-0.4, -0.2) is 25.0 Å². The molecule has 2 aromatic rings. The molecule has 1 aliphatic rings. The zero-order chi connectivity index (χ0) is 12.7. The summed E-state index contributed by atoms with van der Waals surface area (Å²) < 4.78 is 5.46. The molecular formula is C14H17ClN2O. The summed E-state index contributed by atoms with van der Waals surface area (Å²) in [6, 6.07) is 6.19. The van der Waals surface area contributed by atoms with Gasteiger partial charge in [-0.3, -0.25) is 4.90 Å². The van der Waals surface area contributed by atoms with Crippen molar-refractivity contribution in [2.45, 2.75) is 12.5 Å². The van der Waals surface area contributed by atoms with E-state index in [-0.39, 0.29) is 0 Å². The average Bonchev–Trinajstić information content (AvgIpc) is 2.96. The van der Waals surface area contributed by atoms with Crippen molar-refractivity contribution < 1.29 is 4.42 Å². The van der Waals surface area contributed by atoms with E-state index in [2.05, 4.69) is 11.9 Å². The van der Waals surface area contributed by atoms with Crippen molar-refractivity contribution in [1.82, 2.24) is 4.90 Å². The summed E-state index contributed by atoms with van der Waals surface area (Å²) in [6.07, 6.45) is 2.79. The lowest BCUT2D eigenvalue weighted by Crippen LogP contribution is -2.20. The van der Waals surface area contributed by atoms with E-state index >= 15 is 0 Å². The summed E-state index contributed by atoms with van der Waals surface area (Å²) in [7, 11) is 2.13. The van der Waals surface area contributed by atoms with Gasteiger partial charge in [0.2, 0.25) is 0 Å². The highest BCUT2D eigenvalue weighted by Crippen LogP contribution is 2.41. The van der Waals surface area contributed by atoms with Crippen molar-refractivity contribution in [1.29, 1.82) is 0 Å². The molecule has 3 rings (SSSR count). The molecule has 2 atom stereocenters. The van der Waals surface area contributed by atoms with Gasteiger partial charge in [-0.2, -0.15) is 0 Å². The molecule has 2 N–H and O–H groups in total. The second kappa shape index (κ2) is 4.57. The van der Waals surface area contributed by atoms with Crippen molar-refractivity contribution in [3.05, 3.63) is 35.0 Å². The molecule has 2 heterocycles. The first-order chi connectivity index (χ1) is 8.70. The Balaban J connectivity index is 2.08. The second-order valence-electron chi connectivity index (χ2n) is 5.09. The molecule has 0 bridgehead atoms. The normalized spacial score (nSPS) is 25.1. The van der Waals surface area contributed by atoms with Gasteiger partial charge in [0.15, 0.2) is 0 Å². The van der Waals surface area contributed by atoms with Crippen LogP contribution < -0.4 is 5.73 Å². The Morgan fingerprint density at radius 1 is 1.44 bits per heavy atom. The zero-order valence-corrected chi connectivity index (χ0v) is 11.2. The lowest BCUT2D eigenvalue weighted by Gasteiger charge is -2.21. The molecule has 0 amide bonds. The van der Waals surface area contributed by atoms with Gasteiger partial charge in [0.05, 0.1) is 6.26 Å². The zero-order valence-electron chi connectivity index (χ0n) is 10.4. The van der Waals surface area contributed by atoms with Gasteiger partial charge in [-0.1, -0.05) is 11.6 Å². The molecule has 18 heavy (non-hydrogen) atoms. The van der Waals surface area contributed by atoms with Crippen molar-refractivity contribution in [2.24, 2.45) is 11.7 Å². The number of nitrogens with zero attached hydrogens (tertiary/aromatic N) is 1. The van der Waals surface area contributed by atoms with E-state index in [1.165, 1.54) is 5.56 Å². The first-order valence-corrected chi connectivity index (χ1v) is 6.64. The number of likely N-dealkylation sites (tertiary alicyclic amines) is 1. The fourth-order valence-electron chi connectivity index (χ4n) is 2.99. The quantitative estimate of drug-likeness (QED) is 0.907. The highest BCUT2D eigenvalue weighted by atomic mass is 35.5. The summed E-state index contributed by atoms with van der Waals surface area (Å²) in [6.45, 7) is 1.77. The third-order valence-electron chi connectivity index (χ3n) is 3.93. The molecule has 3 nitrogen and oxygen atoms in total. The van der Waals surface area contributed by atoms with Crippen LogP contribution in [0.1, 0.15) is 18.0 Å². The van der Waals surface area contributed by atoms with Gasteiger partial charge >= 0.3 is 0 Å². The fraction of sp³-hybridized carbons (Fsp3) is 0.429. The van der Waals surface area contributed by atoms with Crippen molar-refractivity contribution in [2.75, 3.05) is 20.1 Å². The van der Waals surface area contributed by atoms with Crippen LogP contribution in [-0.2, 0) is 0 Å². The Kier molecular flexibility index (Phi) is 3.06. The largest absolute Gasteiger partial charge is 0.464 e. The SMILES string of the molecule is CN1CC(CN)CC1c1c(Cl)ccc2occc12. The molecule has 0 spiro atoms. The first kappa shape index (κ1) is 12.0. The van der Waals surface area contributed by atoms with Crippen molar-refractivity contribution in [3.8, 4) is 0 Å². The van der Waals surface area contributed by atoms with Gasteiger partial charge in [-0.05, 0) is 49.7 Å². The molecule has 96 valence electrons. The van der Waals surface area contributed by atoms with Crippen LogP contribution in [0.25, 0.3) is 11.0 Å². The lowest BCUT2D eigenvalue weighted by atomic mass is 9.97. The smallest absolute Gasteiger partial charge is 0.134 e. The fourth-order valence-corrected chi connectivity index (χ4v) is 3.28. The highest BCUT2D eigenvalue weighted by molar-refractivity contribution is 6.32. The summed E-state index contributed by atoms with van der Waals surface area (Å²) >= 11 is 6.40. The minimum absolute atomic E-state index is 0.340. The number of furan rings is 1. The van der Waals surface area contributed by atoms with E-state index < -0.39 is 0 Å². The molecule has 1 fully saturated rings. The average molecular weight is 265 g/mol. The summed E-state index contributed by atoms with van der Waals surface area (Å²) in [5, 5.41) is 1.94. The Labute approximate surface area is 111 Å². The molecule has 0 radical (unpaired) electrons. The summed E-state index contributed by atoms with van der Waals surface area (Å²) in [5.74, 6) is 0.554. The Hall–Kier alpha value is -1.03. The van der Waals surface area contributed by atoms with Gasteiger partial charge in [0.1, 0.15) is 5.58 Å². The third kappa shape index (κ3) is 1.83. The first-order valence-electron chi connectivity index (χ1n) is 6.26. The Morgan fingerprint density at radius 2 is 2.28 bits per heavy atom. The standard InChI is InChI=1S/C14H17ClN2O/c1-17-8-9(7-16)6-12(17)14-10-4-5-18-13(10)3-2-11(14)15/h2-5,9,12H,6-8,16H2,1H3. The van der Waals surface area contributed by atoms with Crippen molar-refractivity contribution in [3.63, 3.8) is 0 Å². The predicted octanol–water partition coefficient (Wildman–Crippen LogP) is 3.04. The van der Waals surface area contributed by atoms with Gasteiger partial charge in [0.25, 0.3) is 0 Å². The molecule has 4 heteroatoms. The van der Waals surface area contributed by atoms with E-state index in [0.717, 1.165) is 35.5 Å². The number of hydrogen-bond donors (Lipinski definition) is 1. The van der Waals surface area contributed by atoms with Crippen LogP contribution in [0.3, 0.4) is 0 Å². The van der Waals surface area contributed by atoms with Crippen LogP contribution >= 0.6 is 11.6 Å². The summed E-state index contributed by atoms with van der Waals surface area (Å²) in [5.41, 5.74) is 7.87. The van der Waals surface area contributed by atoms with Crippen LogP contribution in [0.5, 0.6) is 0 Å². The molecule has 0 aliphatic carbocycles. The van der Waals surface area contributed by atoms with E-state index in [1.807, 2.05) is 18.2 Å². The van der Waals surface area contributed by atoms with Gasteiger partial charge in [0, 0.05) is 23.0 Å². The third-order valence-corrected chi connectivity index (χ3v) is 4.25. The van der Waals surface area contributed by atoms with Crippen LogP contribution in [0.15, 0.2) is 28.9 Å². The number of fused-ring (bicyclic) bond motifs is 1. The molecule has 1 aromatic heterocycles. The number of halogens is 1. The van der Waals surface area contributed by atoms with Crippen LogP contribution in [0, 0.1) is 5.92 Å². The van der Waals surface area contributed by atoms with E-state index in [1.54, 1.807) is 6.26 Å². The number of rotatable bonds is 2. The lowest BCUT2D eigenvalue weighted by molar-refractivity contribution is 0.315.